The second kappa shape index (κ2) is 9.86. The van der Waals surface area contributed by atoms with Gasteiger partial charge in [-0.25, -0.2) is 0 Å². The van der Waals surface area contributed by atoms with Crippen molar-refractivity contribution >= 4 is 17.5 Å². The van der Waals surface area contributed by atoms with E-state index >= 15 is 0 Å². The average Bonchev–Trinajstić information content (AvgIpc) is 3.37. The largest absolute Gasteiger partial charge is 0.486 e. The zero-order chi connectivity index (χ0) is 23.7. The molecule has 5 rings (SSSR count). The van der Waals surface area contributed by atoms with Crippen LogP contribution < -0.4 is 9.47 Å². The van der Waals surface area contributed by atoms with E-state index in [1.165, 1.54) is 43.9 Å². The van der Waals surface area contributed by atoms with E-state index < -0.39 is 0 Å². The van der Waals surface area contributed by atoms with E-state index in [1.807, 2.05) is 51.1 Å². The number of Topliss-reactive ketones (excluding diaryl/α,β-unsaturated/α-hetero) is 1. The molecule has 1 saturated carbocycles. The van der Waals surface area contributed by atoms with E-state index in [2.05, 4.69) is 19.3 Å². The first-order valence-corrected chi connectivity index (χ1v) is 13.1. The number of hydrogen-bond donors (Lipinski definition) is 0. The molecule has 2 aliphatic rings. The lowest BCUT2D eigenvalue weighted by molar-refractivity contribution is 0.0777. The van der Waals surface area contributed by atoms with Crippen LogP contribution in [-0.4, -0.2) is 43.6 Å². The maximum absolute atomic E-state index is 13.2. The zero-order valence-electron chi connectivity index (χ0n) is 20.1. The monoisotopic (exact) mass is 480 g/mol. The van der Waals surface area contributed by atoms with Crippen molar-refractivity contribution in [2.45, 2.75) is 76.7 Å². The Morgan fingerprint density at radius 1 is 1.09 bits per heavy atom. The van der Waals surface area contributed by atoms with Crippen molar-refractivity contribution in [3.05, 3.63) is 53.1 Å². The van der Waals surface area contributed by atoms with Gasteiger partial charge in [0.1, 0.15) is 12.4 Å². The van der Waals surface area contributed by atoms with Gasteiger partial charge in [-0.15, -0.1) is 10.2 Å². The quantitative estimate of drug-likeness (QED) is 0.336. The van der Waals surface area contributed by atoms with E-state index in [0.717, 1.165) is 39.4 Å². The molecule has 1 unspecified atom stereocenters. The molecular formula is C26H32N4O3S. The van der Waals surface area contributed by atoms with Gasteiger partial charge in [0.2, 0.25) is 0 Å². The Bertz CT molecular complexity index is 1180. The van der Waals surface area contributed by atoms with E-state index in [0.29, 0.717) is 24.9 Å². The van der Waals surface area contributed by atoms with E-state index in [-0.39, 0.29) is 11.9 Å². The summed E-state index contributed by atoms with van der Waals surface area (Å²) in [5, 5.41) is 9.56. The molecule has 1 atom stereocenters. The number of para-hydroxylation sites is 2. The number of benzene rings is 1. The molecular weight excluding hydrogens is 448 g/mol. The molecule has 3 aromatic rings. The first-order chi connectivity index (χ1) is 16.5. The van der Waals surface area contributed by atoms with Crippen LogP contribution in [-0.2, 0) is 6.54 Å². The fraction of sp³-hybridized carbons (Fsp3) is 0.500. The van der Waals surface area contributed by atoms with Gasteiger partial charge in [0.05, 0.1) is 12.3 Å². The molecule has 1 aliphatic carbocycles. The van der Waals surface area contributed by atoms with Crippen LogP contribution in [0.3, 0.4) is 0 Å². The SMILES string of the molecule is Cc1cc(C(=O)CSc2nnc(C)n2C2CCCCC2)c(C)n1CC1COc2ccccc2O1. The van der Waals surface area contributed by atoms with Crippen LogP contribution in [0, 0.1) is 20.8 Å². The van der Waals surface area contributed by atoms with Gasteiger partial charge in [-0.2, -0.15) is 0 Å². The Kier molecular flexibility index (Phi) is 6.68. The van der Waals surface area contributed by atoms with Crippen molar-refractivity contribution in [3.8, 4) is 11.5 Å². The van der Waals surface area contributed by atoms with Gasteiger partial charge in [0.25, 0.3) is 0 Å². The molecule has 1 aromatic carbocycles. The number of aryl methyl sites for hydroxylation is 2. The van der Waals surface area contributed by atoms with Gasteiger partial charge < -0.3 is 18.6 Å². The van der Waals surface area contributed by atoms with Gasteiger partial charge >= 0.3 is 0 Å². The second-order valence-electron chi connectivity index (χ2n) is 9.30. The summed E-state index contributed by atoms with van der Waals surface area (Å²) in [5.41, 5.74) is 2.78. The minimum absolute atomic E-state index is 0.103. The smallest absolute Gasteiger partial charge is 0.191 e. The summed E-state index contributed by atoms with van der Waals surface area (Å²) in [6.07, 6.45) is 6.03. The van der Waals surface area contributed by atoms with Crippen LogP contribution in [0.25, 0.3) is 0 Å². The summed E-state index contributed by atoms with van der Waals surface area (Å²) in [7, 11) is 0. The lowest BCUT2D eigenvalue weighted by Gasteiger charge is -2.27. The minimum Gasteiger partial charge on any atom is -0.486 e. The predicted octanol–water partition coefficient (Wildman–Crippen LogP) is 5.33. The highest BCUT2D eigenvalue weighted by atomic mass is 32.2. The maximum atomic E-state index is 13.2. The van der Waals surface area contributed by atoms with Crippen LogP contribution >= 0.6 is 11.8 Å². The molecule has 7 nitrogen and oxygen atoms in total. The summed E-state index contributed by atoms with van der Waals surface area (Å²) < 4.78 is 16.4. The molecule has 34 heavy (non-hydrogen) atoms. The molecule has 8 heteroatoms. The lowest BCUT2D eigenvalue weighted by atomic mass is 9.95. The van der Waals surface area contributed by atoms with Crippen molar-refractivity contribution < 1.29 is 14.3 Å². The standard InChI is InChI=1S/C26H32N4O3S/c1-17-13-22(18(2)29(17)14-21-15-32-24-11-7-8-12-25(24)33-21)23(31)16-34-26-28-27-19(3)30(26)20-9-5-4-6-10-20/h7-8,11-13,20-21H,4-6,9-10,14-16H2,1-3H3. The molecule has 0 amide bonds. The average molecular weight is 481 g/mol. The minimum atomic E-state index is -0.103. The number of carbonyl (C=O) groups is 1. The van der Waals surface area contributed by atoms with Gasteiger partial charge in [-0.1, -0.05) is 43.2 Å². The number of ketones is 1. The summed E-state index contributed by atoms with van der Waals surface area (Å²) in [6, 6.07) is 10.2. The summed E-state index contributed by atoms with van der Waals surface area (Å²) in [4.78, 5) is 13.2. The molecule has 0 radical (unpaired) electrons. The van der Waals surface area contributed by atoms with Crippen LogP contribution in [0.2, 0.25) is 0 Å². The third kappa shape index (κ3) is 4.60. The van der Waals surface area contributed by atoms with Crippen LogP contribution in [0.5, 0.6) is 11.5 Å². The molecule has 180 valence electrons. The second-order valence-corrected chi connectivity index (χ2v) is 10.2. The molecule has 0 saturated heterocycles. The summed E-state index contributed by atoms with van der Waals surface area (Å²) in [5.74, 6) is 2.96. The highest BCUT2D eigenvalue weighted by Gasteiger charge is 2.25. The molecule has 0 N–H and O–H groups in total. The Balaban J connectivity index is 1.26. The lowest BCUT2D eigenvalue weighted by Crippen LogP contribution is -2.33. The maximum Gasteiger partial charge on any atom is 0.191 e. The van der Waals surface area contributed by atoms with Gasteiger partial charge in [-0.3, -0.25) is 4.79 Å². The number of hydrogen-bond acceptors (Lipinski definition) is 6. The van der Waals surface area contributed by atoms with Gasteiger partial charge in [0.15, 0.2) is 28.5 Å². The van der Waals surface area contributed by atoms with Crippen molar-refractivity contribution in [3.63, 3.8) is 0 Å². The third-order valence-electron chi connectivity index (χ3n) is 6.93. The summed E-state index contributed by atoms with van der Waals surface area (Å²) in [6.45, 7) is 7.19. The molecule has 1 aliphatic heterocycles. The summed E-state index contributed by atoms with van der Waals surface area (Å²) >= 11 is 1.50. The van der Waals surface area contributed by atoms with Crippen molar-refractivity contribution in [1.82, 2.24) is 19.3 Å². The Morgan fingerprint density at radius 3 is 2.65 bits per heavy atom. The zero-order valence-corrected chi connectivity index (χ0v) is 20.9. The first kappa shape index (κ1) is 23.0. The van der Waals surface area contributed by atoms with E-state index in [9.17, 15) is 4.79 Å². The Hall–Kier alpha value is -2.74. The molecule has 2 aromatic heterocycles. The van der Waals surface area contributed by atoms with Crippen molar-refractivity contribution in [2.75, 3.05) is 12.4 Å². The number of carbonyl (C=O) groups excluding carboxylic acids is 1. The first-order valence-electron chi connectivity index (χ1n) is 12.1. The number of ether oxygens (including phenoxy) is 2. The highest BCUT2D eigenvalue weighted by Crippen LogP contribution is 2.34. The van der Waals surface area contributed by atoms with Crippen LogP contribution in [0.4, 0.5) is 0 Å². The van der Waals surface area contributed by atoms with Crippen molar-refractivity contribution in [1.29, 1.82) is 0 Å². The topological polar surface area (TPSA) is 71.2 Å². The number of nitrogens with zero attached hydrogens (tertiary/aromatic N) is 4. The fourth-order valence-electron chi connectivity index (χ4n) is 5.14. The molecule has 3 heterocycles. The van der Waals surface area contributed by atoms with E-state index in [1.54, 1.807) is 0 Å². The molecule has 0 bridgehead atoms. The fourth-order valence-corrected chi connectivity index (χ4v) is 6.07. The molecule has 0 spiro atoms. The number of fused-ring (bicyclic) bond motifs is 1. The van der Waals surface area contributed by atoms with Crippen LogP contribution in [0.15, 0.2) is 35.5 Å². The van der Waals surface area contributed by atoms with Gasteiger partial charge in [0, 0.05) is 23.0 Å². The number of thioether (sulfide) groups is 1. The Morgan fingerprint density at radius 2 is 1.85 bits per heavy atom. The third-order valence-corrected chi connectivity index (χ3v) is 7.88. The van der Waals surface area contributed by atoms with Crippen LogP contribution in [0.1, 0.15) is 65.7 Å². The number of rotatable bonds is 7. The normalized spacial score (nSPS) is 18.3. The van der Waals surface area contributed by atoms with E-state index in [4.69, 9.17) is 9.47 Å². The number of aromatic nitrogens is 4. The Labute approximate surface area is 204 Å². The highest BCUT2D eigenvalue weighted by molar-refractivity contribution is 7.99. The van der Waals surface area contributed by atoms with Gasteiger partial charge in [-0.05, 0) is 51.8 Å². The predicted molar refractivity (Wildman–Crippen MR) is 132 cm³/mol. The van der Waals surface area contributed by atoms with Crippen molar-refractivity contribution in [2.24, 2.45) is 0 Å². The molecule has 1 fully saturated rings.